The van der Waals surface area contributed by atoms with Crippen LogP contribution in [-0.4, -0.2) is 43.4 Å². The van der Waals surface area contributed by atoms with Crippen molar-refractivity contribution in [2.45, 2.75) is 45.0 Å². The first kappa shape index (κ1) is 17.7. The molecule has 0 saturated heterocycles. The summed E-state index contributed by atoms with van der Waals surface area (Å²) in [5.74, 6) is 0.892. The van der Waals surface area contributed by atoms with Crippen molar-refractivity contribution in [3.63, 3.8) is 0 Å². The van der Waals surface area contributed by atoms with Gasteiger partial charge in [-0.1, -0.05) is 0 Å². The van der Waals surface area contributed by atoms with Gasteiger partial charge in [0.15, 0.2) is 0 Å². The van der Waals surface area contributed by atoms with Gasteiger partial charge in [-0.05, 0) is 27.0 Å². The molecular formula is C17H23N5O2S. The van der Waals surface area contributed by atoms with Crippen molar-refractivity contribution in [3.05, 3.63) is 45.4 Å². The lowest BCUT2D eigenvalue weighted by atomic mass is 10.0. The van der Waals surface area contributed by atoms with E-state index in [4.69, 9.17) is 0 Å². The Labute approximate surface area is 150 Å². The fourth-order valence-electron chi connectivity index (χ4n) is 3.07. The summed E-state index contributed by atoms with van der Waals surface area (Å²) in [7, 11) is 0. The Bertz CT molecular complexity index is 849. The molecule has 3 heterocycles. The maximum absolute atomic E-state index is 12.8. The number of hydrogen-bond acceptors (Lipinski definition) is 5. The van der Waals surface area contributed by atoms with Crippen LogP contribution in [0.2, 0.25) is 0 Å². The number of nitrogens with zero attached hydrogens (tertiary/aromatic N) is 4. The van der Waals surface area contributed by atoms with Crippen LogP contribution in [0.3, 0.4) is 0 Å². The maximum atomic E-state index is 12.8. The molecule has 1 aliphatic heterocycles. The number of amides is 1. The van der Waals surface area contributed by atoms with Crippen molar-refractivity contribution in [3.8, 4) is 0 Å². The molecule has 0 saturated carbocycles. The number of aromatic nitrogens is 4. The molecule has 0 bridgehead atoms. The minimum absolute atomic E-state index is 0.0826. The van der Waals surface area contributed by atoms with Crippen molar-refractivity contribution in [1.82, 2.24) is 24.6 Å². The van der Waals surface area contributed by atoms with E-state index in [1.165, 1.54) is 11.8 Å². The molecule has 3 rings (SSSR count). The second kappa shape index (κ2) is 6.67. The molecule has 0 aliphatic carbocycles. The number of hydrogen-bond donors (Lipinski definition) is 1. The molecule has 0 radical (unpaired) electrons. The van der Waals surface area contributed by atoms with Crippen molar-refractivity contribution in [2.24, 2.45) is 0 Å². The molecule has 0 spiro atoms. The van der Waals surface area contributed by atoms with Crippen LogP contribution in [-0.2, 0) is 24.3 Å². The molecule has 0 aromatic carbocycles. The molecule has 7 nitrogen and oxygen atoms in total. The smallest absolute Gasteiger partial charge is 0.273 e. The summed E-state index contributed by atoms with van der Waals surface area (Å²) in [6, 6.07) is 1.28. The van der Waals surface area contributed by atoms with Gasteiger partial charge in [-0.3, -0.25) is 14.3 Å². The first-order valence-electron chi connectivity index (χ1n) is 8.24. The van der Waals surface area contributed by atoms with E-state index >= 15 is 0 Å². The van der Waals surface area contributed by atoms with Crippen molar-refractivity contribution < 1.29 is 4.79 Å². The molecule has 1 amide bonds. The highest BCUT2D eigenvalue weighted by molar-refractivity contribution is 7.97. The van der Waals surface area contributed by atoms with Crippen molar-refractivity contribution in [2.75, 3.05) is 12.8 Å². The number of aromatic amines is 1. The summed E-state index contributed by atoms with van der Waals surface area (Å²) >= 11 is 1.55. The molecule has 134 valence electrons. The van der Waals surface area contributed by atoms with E-state index in [0.717, 1.165) is 12.0 Å². The van der Waals surface area contributed by atoms with Gasteiger partial charge in [0.2, 0.25) is 0 Å². The summed E-state index contributed by atoms with van der Waals surface area (Å²) < 4.78 is 2.03. The van der Waals surface area contributed by atoms with Crippen LogP contribution in [0, 0.1) is 0 Å². The van der Waals surface area contributed by atoms with E-state index in [-0.39, 0.29) is 22.7 Å². The van der Waals surface area contributed by atoms with Crippen LogP contribution in [0.4, 0.5) is 0 Å². The molecule has 8 heteroatoms. The van der Waals surface area contributed by atoms with Gasteiger partial charge in [0.05, 0.1) is 17.5 Å². The average Bonchev–Trinajstić information content (AvgIpc) is 2.97. The van der Waals surface area contributed by atoms with E-state index in [1.54, 1.807) is 16.7 Å². The van der Waals surface area contributed by atoms with Gasteiger partial charge in [0, 0.05) is 36.8 Å². The van der Waals surface area contributed by atoms with Crippen LogP contribution in [0.1, 0.15) is 48.3 Å². The van der Waals surface area contributed by atoms with Crippen LogP contribution in [0.5, 0.6) is 0 Å². The van der Waals surface area contributed by atoms with E-state index in [2.05, 4.69) is 35.8 Å². The predicted molar refractivity (Wildman–Crippen MR) is 97.7 cm³/mol. The number of H-pyrrole nitrogens is 1. The molecule has 0 atom stereocenters. The first-order valence-corrected chi connectivity index (χ1v) is 9.63. The minimum atomic E-state index is -0.291. The fourth-order valence-corrected chi connectivity index (χ4v) is 3.48. The number of fused-ring (bicyclic) bond motifs is 1. The van der Waals surface area contributed by atoms with Gasteiger partial charge in [0.1, 0.15) is 11.5 Å². The second-order valence-corrected chi connectivity index (χ2v) is 8.05. The third kappa shape index (κ3) is 3.63. The molecule has 0 fully saturated rings. The largest absolute Gasteiger partial charge is 0.332 e. The molecule has 25 heavy (non-hydrogen) atoms. The topological polar surface area (TPSA) is 83.9 Å². The molecular weight excluding hydrogens is 338 g/mol. The summed E-state index contributed by atoms with van der Waals surface area (Å²) in [4.78, 5) is 33.3. The third-order valence-electron chi connectivity index (χ3n) is 4.15. The highest BCUT2D eigenvalue weighted by Crippen LogP contribution is 2.25. The number of carbonyl (C=O) groups is 1. The molecule has 1 N–H and O–H groups in total. The summed E-state index contributed by atoms with van der Waals surface area (Å²) in [5, 5.41) is 4.49. The number of thioether (sulfide) groups is 1. The third-order valence-corrected chi connectivity index (χ3v) is 4.71. The summed E-state index contributed by atoms with van der Waals surface area (Å²) in [5.41, 5.74) is 2.07. The minimum Gasteiger partial charge on any atom is -0.332 e. The Morgan fingerprint density at radius 1 is 1.40 bits per heavy atom. The van der Waals surface area contributed by atoms with Crippen molar-refractivity contribution in [1.29, 1.82) is 0 Å². The second-order valence-electron chi connectivity index (χ2n) is 7.19. The van der Waals surface area contributed by atoms with Gasteiger partial charge in [-0.15, -0.1) is 0 Å². The zero-order chi connectivity index (χ0) is 18.2. The number of rotatable bonds is 3. The normalized spacial score (nSPS) is 14.5. The Morgan fingerprint density at radius 3 is 2.84 bits per heavy atom. The highest BCUT2D eigenvalue weighted by Gasteiger charge is 2.28. The van der Waals surface area contributed by atoms with Gasteiger partial charge >= 0.3 is 0 Å². The van der Waals surface area contributed by atoms with Crippen LogP contribution < -0.4 is 5.56 Å². The zero-order valence-corrected chi connectivity index (χ0v) is 15.8. The Hall–Kier alpha value is -2.09. The quantitative estimate of drug-likeness (QED) is 0.901. The van der Waals surface area contributed by atoms with E-state index in [9.17, 15) is 9.59 Å². The SMILES string of the molecule is CSCc1nc(C(=O)N2CCc3c(cnn3C(C)(C)C)C2)cc(=O)[nH]1. The predicted octanol–water partition coefficient (Wildman–Crippen LogP) is 1.78. The van der Waals surface area contributed by atoms with Crippen LogP contribution >= 0.6 is 11.8 Å². The molecule has 2 aromatic heterocycles. The lowest BCUT2D eigenvalue weighted by Crippen LogP contribution is -2.38. The summed E-state index contributed by atoms with van der Waals surface area (Å²) in [6.07, 6.45) is 4.51. The average molecular weight is 361 g/mol. The monoisotopic (exact) mass is 361 g/mol. The Balaban J connectivity index is 1.84. The maximum Gasteiger partial charge on any atom is 0.273 e. The Morgan fingerprint density at radius 2 is 2.16 bits per heavy atom. The van der Waals surface area contributed by atoms with E-state index in [1.807, 2.05) is 17.1 Å². The van der Waals surface area contributed by atoms with Gasteiger partial charge in [0.25, 0.3) is 11.5 Å². The molecule has 0 unspecified atom stereocenters. The van der Waals surface area contributed by atoms with E-state index in [0.29, 0.717) is 24.7 Å². The number of carbonyl (C=O) groups excluding carboxylic acids is 1. The van der Waals surface area contributed by atoms with Gasteiger partial charge in [-0.2, -0.15) is 16.9 Å². The summed E-state index contributed by atoms with van der Waals surface area (Å²) in [6.45, 7) is 7.44. The lowest BCUT2D eigenvalue weighted by Gasteiger charge is -2.30. The van der Waals surface area contributed by atoms with E-state index < -0.39 is 0 Å². The first-order chi connectivity index (χ1) is 11.8. The van der Waals surface area contributed by atoms with Gasteiger partial charge in [-0.25, -0.2) is 4.98 Å². The highest BCUT2D eigenvalue weighted by atomic mass is 32.2. The molecule has 1 aliphatic rings. The van der Waals surface area contributed by atoms with Gasteiger partial charge < -0.3 is 9.88 Å². The Kier molecular flexibility index (Phi) is 4.73. The number of nitrogens with one attached hydrogen (secondary N) is 1. The standard InChI is InChI=1S/C17H23N5O2S/c1-17(2,3)22-13-5-6-21(9-11(13)8-18-22)16(24)12-7-15(23)20-14(19-12)10-25-4/h7-8H,5-6,9-10H2,1-4H3,(H,19,20,23). The fraction of sp³-hybridized carbons (Fsp3) is 0.529. The zero-order valence-electron chi connectivity index (χ0n) is 15.0. The van der Waals surface area contributed by atoms with Crippen LogP contribution in [0.15, 0.2) is 17.1 Å². The molecule has 2 aromatic rings. The lowest BCUT2D eigenvalue weighted by molar-refractivity contribution is 0.0725. The van der Waals surface area contributed by atoms with Crippen molar-refractivity contribution >= 4 is 17.7 Å². The van der Waals surface area contributed by atoms with Crippen LogP contribution in [0.25, 0.3) is 0 Å².